The van der Waals surface area contributed by atoms with Crippen molar-refractivity contribution in [2.75, 3.05) is 29.5 Å². The van der Waals surface area contributed by atoms with Crippen molar-refractivity contribution < 1.29 is 14.3 Å². The lowest BCUT2D eigenvalue weighted by Crippen LogP contribution is -2.26. The SMILES string of the molecule is CC(=O)Nc1cc(Oc2ccc(NC(=O)Nc3cc(C(C)C)nn3-c3ccc4c(c3)CN(C)CC4)cc2)ccn1. The second kappa shape index (κ2) is 11.6. The zero-order valence-corrected chi connectivity index (χ0v) is 23.1. The van der Waals surface area contributed by atoms with Crippen LogP contribution in [0.3, 0.4) is 0 Å². The molecule has 3 amide bonds. The van der Waals surface area contributed by atoms with Crippen molar-refractivity contribution in [3.8, 4) is 17.2 Å². The summed E-state index contributed by atoms with van der Waals surface area (Å²) in [5.74, 6) is 2.09. The first-order chi connectivity index (χ1) is 19.2. The summed E-state index contributed by atoms with van der Waals surface area (Å²) in [7, 11) is 2.12. The molecule has 1 aliphatic heterocycles. The number of fused-ring (bicyclic) bond motifs is 1. The Morgan fingerprint density at radius 1 is 0.925 bits per heavy atom. The number of likely N-dealkylation sites (N-methyl/N-ethyl adjacent to an activating group) is 1. The number of nitrogens with one attached hydrogen (secondary N) is 3. The van der Waals surface area contributed by atoms with E-state index in [4.69, 9.17) is 9.84 Å². The first-order valence-corrected chi connectivity index (χ1v) is 13.2. The molecule has 4 aromatic rings. The van der Waals surface area contributed by atoms with Crippen LogP contribution in [0.1, 0.15) is 43.5 Å². The van der Waals surface area contributed by atoms with Crippen LogP contribution in [0.2, 0.25) is 0 Å². The average Bonchev–Trinajstić information content (AvgIpc) is 3.33. The quantitative estimate of drug-likeness (QED) is 0.275. The minimum atomic E-state index is -0.378. The number of ether oxygens (including phenoxy) is 1. The zero-order valence-electron chi connectivity index (χ0n) is 23.1. The predicted molar refractivity (Wildman–Crippen MR) is 155 cm³/mol. The van der Waals surface area contributed by atoms with Gasteiger partial charge >= 0.3 is 6.03 Å². The number of rotatable bonds is 7. The highest BCUT2D eigenvalue weighted by Crippen LogP contribution is 2.27. The highest BCUT2D eigenvalue weighted by molar-refractivity contribution is 5.99. The van der Waals surface area contributed by atoms with E-state index in [1.54, 1.807) is 47.3 Å². The lowest BCUT2D eigenvalue weighted by molar-refractivity contribution is -0.114. The van der Waals surface area contributed by atoms with E-state index in [2.05, 4.69) is 64.9 Å². The Hall–Kier alpha value is -4.70. The molecule has 0 radical (unpaired) electrons. The van der Waals surface area contributed by atoms with E-state index < -0.39 is 0 Å². The normalized spacial score (nSPS) is 13.0. The fourth-order valence-electron chi connectivity index (χ4n) is 4.53. The van der Waals surface area contributed by atoms with Crippen molar-refractivity contribution in [3.63, 3.8) is 0 Å². The Labute approximate surface area is 233 Å². The molecule has 10 nitrogen and oxygen atoms in total. The fraction of sp³-hybridized carbons (Fsp3) is 0.267. The highest BCUT2D eigenvalue weighted by Gasteiger charge is 2.18. The Morgan fingerprint density at radius 2 is 1.73 bits per heavy atom. The lowest BCUT2D eigenvalue weighted by atomic mass is 9.99. The molecular formula is C30H33N7O3. The number of urea groups is 1. The van der Waals surface area contributed by atoms with Crippen LogP contribution in [0.5, 0.6) is 11.5 Å². The molecule has 0 fully saturated rings. The fourth-order valence-corrected chi connectivity index (χ4v) is 4.53. The van der Waals surface area contributed by atoms with E-state index in [-0.39, 0.29) is 17.9 Å². The monoisotopic (exact) mass is 539 g/mol. The molecule has 0 saturated heterocycles. The molecule has 0 bridgehead atoms. The first kappa shape index (κ1) is 26.9. The van der Waals surface area contributed by atoms with E-state index in [1.807, 2.05) is 6.07 Å². The molecule has 3 heterocycles. The van der Waals surface area contributed by atoms with Gasteiger partial charge in [0.05, 0.1) is 11.4 Å². The summed E-state index contributed by atoms with van der Waals surface area (Å²) in [6.45, 7) is 7.52. The Bertz CT molecular complexity index is 1530. The van der Waals surface area contributed by atoms with E-state index in [0.29, 0.717) is 28.8 Å². The number of pyridine rings is 1. The molecule has 0 aliphatic carbocycles. The molecule has 2 aromatic heterocycles. The van der Waals surface area contributed by atoms with E-state index >= 15 is 0 Å². The van der Waals surface area contributed by atoms with Crippen molar-refractivity contribution in [1.82, 2.24) is 19.7 Å². The van der Waals surface area contributed by atoms with Gasteiger partial charge in [-0.05, 0) is 73.0 Å². The number of amides is 3. The van der Waals surface area contributed by atoms with Crippen molar-refractivity contribution in [2.45, 2.75) is 39.7 Å². The van der Waals surface area contributed by atoms with Crippen molar-refractivity contribution in [3.05, 3.63) is 83.7 Å². The summed E-state index contributed by atoms with van der Waals surface area (Å²) in [4.78, 5) is 30.6. The Morgan fingerprint density at radius 3 is 2.48 bits per heavy atom. The number of anilines is 3. The van der Waals surface area contributed by atoms with Gasteiger partial charge in [-0.1, -0.05) is 19.9 Å². The van der Waals surface area contributed by atoms with Gasteiger partial charge in [-0.25, -0.2) is 14.5 Å². The lowest BCUT2D eigenvalue weighted by Gasteiger charge is -2.25. The molecule has 0 unspecified atom stereocenters. The number of hydrogen-bond acceptors (Lipinski definition) is 6. The number of carbonyl (C=O) groups excluding carboxylic acids is 2. The topological polar surface area (TPSA) is 113 Å². The predicted octanol–water partition coefficient (Wildman–Crippen LogP) is 5.77. The summed E-state index contributed by atoms with van der Waals surface area (Å²) in [6, 6.07) is 18.2. The maximum absolute atomic E-state index is 13.0. The molecule has 1 aliphatic rings. The second-order valence-corrected chi connectivity index (χ2v) is 10.2. The van der Waals surface area contributed by atoms with Crippen LogP contribution >= 0.6 is 0 Å². The van der Waals surface area contributed by atoms with Gasteiger partial charge in [0.2, 0.25) is 5.91 Å². The van der Waals surface area contributed by atoms with Gasteiger partial charge < -0.3 is 20.3 Å². The van der Waals surface area contributed by atoms with Crippen molar-refractivity contribution in [1.29, 1.82) is 0 Å². The molecule has 2 aromatic carbocycles. The third-order valence-corrected chi connectivity index (χ3v) is 6.58. The Kier molecular flexibility index (Phi) is 7.79. The summed E-state index contributed by atoms with van der Waals surface area (Å²) in [5.41, 5.74) is 5.05. The number of hydrogen-bond donors (Lipinski definition) is 3. The van der Waals surface area contributed by atoms with Crippen LogP contribution in [-0.4, -0.2) is 45.2 Å². The Balaban J connectivity index is 1.28. The van der Waals surface area contributed by atoms with Gasteiger partial charge in [0.1, 0.15) is 23.1 Å². The molecule has 0 spiro atoms. The number of carbonyl (C=O) groups is 2. The van der Waals surface area contributed by atoms with Gasteiger partial charge in [-0.3, -0.25) is 10.1 Å². The van der Waals surface area contributed by atoms with E-state index in [9.17, 15) is 9.59 Å². The van der Waals surface area contributed by atoms with Crippen LogP contribution < -0.4 is 20.7 Å². The van der Waals surface area contributed by atoms with Gasteiger partial charge in [-0.15, -0.1) is 0 Å². The molecule has 0 saturated carbocycles. The summed E-state index contributed by atoms with van der Waals surface area (Å²) >= 11 is 0. The van der Waals surface area contributed by atoms with Gasteiger partial charge in [0, 0.05) is 44.0 Å². The van der Waals surface area contributed by atoms with Crippen LogP contribution in [0.25, 0.3) is 5.69 Å². The van der Waals surface area contributed by atoms with E-state index in [0.717, 1.165) is 30.9 Å². The standard InChI is InChI=1S/C30H33N7O3/c1-19(2)27-17-29(37(35-27)24-8-5-21-12-14-36(4)18-22(21)15-24)34-30(39)33-23-6-9-25(10-7-23)40-26-11-13-31-28(16-26)32-20(3)38/h5-11,13,15-17,19H,12,14,18H2,1-4H3,(H,31,32,38)(H2,33,34,39). The molecule has 206 valence electrons. The zero-order chi connectivity index (χ0) is 28.2. The molecule has 40 heavy (non-hydrogen) atoms. The van der Waals surface area contributed by atoms with Crippen LogP contribution in [0.4, 0.5) is 22.1 Å². The van der Waals surface area contributed by atoms with Crippen LogP contribution in [0.15, 0.2) is 66.9 Å². The number of aromatic nitrogens is 3. The second-order valence-electron chi connectivity index (χ2n) is 10.2. The smallest absolute Gasteiger partial charge is 0.324 e. The van der Waals surface area contributed by atoms with Crippen LogP contribution in [-0.2, 0) is 17.8 Å². The summed E-state index contributed by atoms with van der Waals surface area (Å²) in [5, 5.41) is 13.3. The first-order valence-electron chi connectivity index (χ1n) is 13.2. The largest absolute Gasteiger partial charge is 0.457 e. The van der Waals surface area contributed by atoms with Gasteiger partial charge in [0.25, 0.3) is 0 Å². The average molecular weight is 540 g/mol. The number of nitrogens with zero attached hydrogens (tertiary/aromatic N) is 4. The van der Waals surface area contributed by atoms with Crippen LogP contribution in [0, 0.1) is 0 Å². The maximum Gasteiger partial charge on any atom is 0.324 e. The molecule has 3 N–H and O–H groups in total. The summed E-state index contributed by atoms with van der Waals surface area (Å²) < 4.78 is 7.65. The molecular weight excluding hydrogens is 506 g/mol. The minimum Gasteiger partial charge on any atom is -0.457 e. The van der Waals surface area contributed by atoms with Crippen molar-refractivity contribution in [2.24, 2.45) is 0 Å². The van der Waals surface area contributed by atoms with Gasteiger partial charge in [-0.2, -0.15) is 5.10 Å². The third kappa shape index (κ3) is 6.47. The molecule has 0 atom stereocenters. The van der Waals surface area contributed by atoms with Gasteiger partial charge in [0.15, 0.2) is 0 Å². The maximum atomic E-state index is 13.0. The highest BCUT2D eigenvalue weighted by atomic mass is 16.5. The number of benzene rings is 2. The molecule has 10 heteroatoms. The summed E-state index contributed by atoms with van der Waals surface area (Å²) in [6.07, 6.45) is 2.58. The minimum absolute atomic E-state index is 0.205. The van der Waals surface area contributed by atoms with Crippen molar-refractivity contribution >= 4 is 29.3 Å². The van der Waals surface area contributed by atoms with E-state index in [1.165, 1.54) is 18.1 Å². The third-order valence-electron chi connectivity index (χ3n) is 6.58. The molecule has 5 rings (SSSR count).